The Morgan fingerprint density at radius 3 is 2.40 bits per heavy atom. The van der Waals surface area contributed by atoms with Crippen molar-refractivity contribution >= 4 is 0 Å². The maximum Gasteiger partial charge on any atom is 0.126 e. The third-order valence-corrected chi connectivity index (χ3v) is 1.16. The predicted octanol–water partition coefficient (Wildman–Crippen LogP) is 1.99. The Hall–Kier alpha value is -0.760. The van der Waals surface area contributed by atoms with Crippen LogP contribution >= 0.6 is 0 Å². The van der Waals surface area contributed by atoms with E-state index in [1.165, 1.54) is 0 Å². The molecule has 0 aromatic carbocycles. The molecule has 0 atom stereocenters. The average molecular weight is 141 g/mol. The van der Waals surface area contributed by atoms with Crippen LogP contribution in [0.2, 0.25) is 0 Å². The first-order valence-electron chi connectivity index (χ1n) is 3.42. The molecule has 0 rings (SSSR count). The van der Waals surface area contributed by atoms with Gasteiger partial charge in [-0.3, -0.25) is 0 Å². The fourth-order valence-corrected chi connectivity index (χ4v) is 0.559. The smallest absolute Gasteiger partial charge is 0.126 e. The van der Waals surface area contributed by atoms with Crippen LogP contribution in [0.3, 0.4) is 0 Å². The molecular formula is C8H15NO. The Labute approximate surface area is 62.3 Å². The molecule has 0 heterocycles. The summed E-state index contributed by atoms with van der Waals surface area (Å²) in [6.45, 7) is 6.01. The van der Waals surface area contributed by atoms with Gasteiger partial charge in [-0.25, -0.2) is 0 Å². The van der Waals surface area contributed by atoms with Crippen molar-refractivity contribution in [3.8, 4) is 0 Å². The van der Waals surface area contributed by atoms with Gasteiger partial charge in [0.1, 0.15) is 5.76 Å². The van der Waals surface area contributed by atoms with Crippen LogP contribution in [-0.4, -0.2) is 0 Å². The van der Waals surface area contributed by atoms with Crippen LogP contribution in [-0.2, 0) is 4.84 Å². The van der Waals surface area contributed by atoms with E-state index in [9.17, 15) is 0 Å². The van der Waals surface area contributed by atoms with Crippen molar-refractivity contribution in [3.05, 3.63) is 24.0 Å². The molecule has 0 aliphatic carbocycles. The van der Waals surface area contributed by atoms with Gasteiger partial charge in [0.2, 0.25) is 0 Å². The standard InChI is InChI=1S/C8H15NO/c1-4-5-6-8(10-9)7(2)3/h4-7H,9H2,1-3H3/b5-4-,8-6-. The number of nitrogens with two attached hydrogens (primary N) is 1. The summed E-state index contributed by atoms with van der Waals surface area (Å²) in [7, 11) is 0. The van der Waals surface area contributed by atoms with Crippen LogP contribution in [0.5, 0.6) is 0 Å². The van der Waals surface area contributed by atoms with Crippen molar-refractivity contribution in [2.24, 2.45) is 11.8 Å². The minimum atomic E-state index is 0.348. The summed E-state index contributed by atoms with van der Waals surface area (Å²) in [6.07, 6.45) is 5.70. The molecule has 2 nitrogen and oxygen atoms in total. The van der Waals surface area contributed by atoms with Crippen LogP contribution < -0.4 is 5.90 Å². The van der Waals surface area contributed by atoms with E-state index in [-0.39, 0.29) is 0 Å². The van der Waals surface area contributed by atoms with Crippen molar-refractivity contribution in [1.82, 2.24) is 0 Å². The third kappa shape index (κ3) is 3.30. The molecule has 0 aliphatic heterocycles. The zero-order valence-corrected chi connectivity index (χ0v) is 6.79. The molecule has 58 valence electrons. The van der Waals surface area contributed by atoms with Gasteiger partial charge in [-0.05, 0) is 13.0 Å². The molecule has 0 unspecified atom stereocenters. The Morgan fingerprint density at radius 1 is 1.50 bits per heavy atom. The van der Waals surface area contributed by atoms with E-state index in [1.807, 2.05) is 39.0 Å². The molecule has 0 spiro atoms. The third-order valence-electron chi connectivity index (χ3n) is 1.16. The molecule has 0 aliphatic rings. The fraction of sp³-hybridized carbons (Fsp3) is 0.500. The lowest BCUT2D eigenvalue weighted by Crippen LogP contribution is -2.04. The van der Waals surface area contributed by atoms with Gasteiger partial charge in [0, 0.05) is 5.92 Å². The molecule has 0 saturated carbocycles. The highest BCUT2D eigenvalue weighted by Gasteiger charge is 1.99. The van der Waals surface area contributed by atoms with Gasteiger partial charge in [0.15, 0.2) is 0 Å². The van der Waals surface area contributed by atoms with E-state index in [1.54, 1.807) is 0 Å². The van der Waals surface area contributed by atoms with Gasteiger partial charge >= 0.3 is 0 Å². The van der Waals surface area contributed by atoms with E-state index < -0.39 is 0 Å². The van der Waals surface area contributed by atoms with Gasteiger partial charge in [0.05, 0.1) is 0 Å². The second kappa shape index (κ2) is 5.06. The molecule has 0 saturated heterocycles. The second-order valence-electron chi connectivity index (χ2n) is 2.37. The highest BCUT2D eigenvalue weighted by atomic mass is 16.6. The summed E-state index contributed by atoms with van der Waals surface area (Å²) in [5, 5.41) is 0. The topological polar surface area (TPSA) is 35.2 Å². The summed E-state index contributed by atoms with van der Waals surface area (Å²) in [5.74, 6) is 6.16. The molecular weight excluding hydrogens is 126 g/mol. The maximum atomic E-state index is 5.01. The Morgan fingerprint density at radius 2 is 2.10 bits per heavy atom. The van der Waals surface area contributed by atoms with Crippen LogP contribution in [0.25, 0.3) is 0 Å². The summed E-state index contributed by atoms with van der Waals surface area (Å²) in [6, 6.07) is 0. The van der Waals surface area contributed by atoms with Crippen LogP contribution in [0, 0.1) is 5.92 Å². The van der Waals surface area contributed by atoms with Crippen LogP contribution in [0.1, 0.15) is 20.8 Å². The summed E-state index contributed by atoms with van der Waals surface area (Å²) in [5.41, 5.74) is 0. The molecule has 2 N–H and O–H groups in total. The summed E-state index contributed by atoms with van der Waals surface area (Å²) >= 11 is 0. The predicted molar refractivity (Wildman–Crippen MR) is 43.0 cm³/mol. The van der Waals surface area contributed by atoms with Gasteiger partial charge < -0.3 is 4.84 Å². The molecule has 0 fully saturated rings. The van der Waals surface area contributed by atoms with Gasteiger partial charge in [-0.15, -0.1) is 0 Å². The van der Waals surface area contributed by atoms with Crippen molar-refractivity contribution < 1.29 is 4.84 Å². The minimum Gasteiger partial charge on any atom is -0.416 e. The lowest BCUT2D eigenvalue weighted by atomic mass is 10.1. The van der Waals surface area contributed by atoms with Crippen molar-refractivity contribution in [2.75, 3.05) is 0 Å². The molecule has 0 bridgehead atoms. The molecule has 0 aromatic rings. The van der Waals surface area contributed by atoms with Crippen LogP contribution in [0.15, 0.2) is 24.0 Å². The maximum absolute atomic E-state index is 5.01. The van der Waals surface area contributed by atoms with E-state index in [0.29, 0.717) is 5.92 Å². The highest BCUT2D eigenvalue weighted by molar-refractivity contribution is 5.07. The Bertz CT molecular complexity index is 136. The second-order valence-corrected chi connectivity index (χ2v) is 2.37. The minimum absolute atomic E-state index is 0.348. The van der Waals surface area contributed by atoms with Gasteiger partial charge in [-0.1, -0.05) is 26.0 Å². The largest absolute Gasteiger partial charge is 0.416 e. The van der Waals surface area contributed by atoms with E-state index in [0.717, 1.165) is 5.76 Å². The monoisotopic (exact) mass is 141 g/mol. The van der Waals surface area contributed by atoms with Gasteiger partial charge in [-0.2, -0.15) is 5.90 Å². The fourth-order valence-electron chi connectivity index (χ4n) is 0.559. The SMILES string of the molecule is C/C=C\C=C(/ON)C(C)C. The lowest BCUT2D eigenvalue weighted by molar-refractivity contribution is 0.191. The van der Waals surface area contributed by atoms with Crippen molar-refractivity contribution in [1.29, 1.82) is 0 Å². The average Bonchev–Trinajstić information content (AvgIpc) is 1.89. The Balaban J connectivity index is 4.04. The molecule has 0 aromatic heterocycles. The number of rotatable bonds is 3. The summed E-state index contributed by atoms with van der Waals surface area (Å²) < 4.78 is 0. The number of hydrogen-bond acceptors (Lipinski definition) is 2. The molecule has 0 amide bonds. The lowest BCUT2D eigenvalue weighted by Gasteiger charge is -2.06. The normalized spacial score (nSPS) is 13.1. The zero-order chi connectivity index (χ0) is 7.98. The van der Waals surface area contributed by atoms with Crippen molar-refractivity contribution in [3.63, 3.8) is 0 Å². The molecule has 0 radical (unpaired) electrons. The summed E-state index contributed by atoms with van der Waals surface area (Å²) in [4.78, 5) is 4.62. The van der Waals surface area contributed by atoms with Crippen molar-refractivity contribution in [2.45, 2.75) is 20.8 Å². The van der Waals surface area contributed by atoms with E-state index in [4.69, 9.17) is 5.90 Å². The number of hydrogen-bond donors (Lipinski definition) is 1. The number of allylic oxidation sites excluding steroid dienone is 4. The van der Waals surface area contributed by atoms with Crippen LogP contribution in [0.4, 0.5) is 0 Å². The van der Waals surface area contributed by atoms with E-state index >= 15 is 0 Å². The highest BCUT2D eigenvalue weighted by Crippen LogP contribution is 2.07. The first-order chi connectivity index (χ1) is 4.72. The van der Waals surface area contributed by atoms with E-state index in [2.05, 4.69) is 4.84 Å². The Kier molecular flexibility index (Phi) is 4.67. The first-order valence-corrected chi connectivity index (χ1v) is 3.42. The first kappa shape index (κ1) is 9.24. The molecule has 10 heavy (non-hydrogen) atoms. The van der Waals surface area contributed by atoms with Gasteiger partial charge in [0.25, 0.3) is 0 Å². The zero-order valence-electron chi connectivity index (χ0n) is 6.79. The quantitative estimate of drug-likeness (QED) is 0.370. The molecule has 2 heteroatoms.